The first-order valence-electron chi connectivity index (χ1n) is 6.20. The molecular formula is C12H17BrN2O3S. The molecule has 2 unspecified atom stereocenters. The number of carbonyl (C=O) groups excluding carboxylic acids is 1. The number of aromatic nitrogens is 1. The lowest BCUT2D eigenvalue weighted by Gasteiger charge is -2.28. The third-order valence-corrected chi connectivity index (χ3v) is 5.56. The third kappa shape index (κ3) is 3.82. The number of hydrogen-bond donors (Lipinski definition) is 2. The van der Waals surface area contributed by atoms with E-state index in [1.165, 1.54) is 6.26 Å². The molecule has 2 N–H and O–H groups in total. The Morgan fingerprint density at radius 3 is 2.79 bits per heavy atom. The van der Waals surface area contributed by atoms with E-state index in [0.717, 1.165) is 17.3 Å². The van der Waals surface area contributed by atoms with Gasteiger partial charge in [-0.25, -0.2) is 8.42 Å². The standard InChI is InChI=1S/C12H17BrN2O3S/c1-19(17,18)10-4-2-3-9(6-10)15-12(16)11-5-8(13)7-14-11/h5,7,9-10,14H,2-4,6H2,1H3,(H,15,16). The van der Waals surface area contributed by atoms with Crippen molar-refractivity contribution in [1.29, 1.82) is 0 Å². The minimum Gasteiger partial charge on any atom is -0.356 e. The molecule has 1 fully saturated rings. The van der Waals surface area contributed by atoms with Gasteiger partial charge in [-0.3, -0.25) is 4.79 Å². The van der Waals surface area contributed by atoms with E-state index < -0.39 is 9.84 Å². The van der Waals surface area contributed by atoms with Crippen LogP contribution in [0.2, 0.25) is 0 Å². The molecule has 1 aliphatic rings. The molecule has 5 nitrogen and oxygen atoms in total. The molecule has 2 rings (SSSR count). The predicted molar refractivity (Wildman–Crippen MR) is 76.8 cm³/mol. The highest BCUT2D eigenvalue weighted by Crippen LogP contribution is 2.24. The molecule has 1 aromatic heterocycles. The second-order valence-corrected chi connectivity index (χ2v) is 8.26. The second-order valence-electron chi connectivity index (χ2n) is 5.02. The first-order chi connectivity index (χ1) is 8.86. The Morgan fingerprint density at radius 2 is 2.21 bits per heavy atom. The maximum Gasteiger partial charge on any atom is 0.267 e. The molecule has 1 heterocycles. The average Bonchev–Trinajstić information content (AvgIpc) is 2.75. The zero-order valence-corrected chi connectivity index (χ0v) is 13.1. The Kier molecular flexibility index (Phi) is 4.35. The molecule has 0 bridgehead atoms. The lowest BCUT2D eigenvalue weighted by molar-refractivity contribution is 0.0923. The number of amides is 1. The van der Waals surface area contributed by atoms with Crippen LogP contribution in [-0.2, 0) is 9.84 Å². The summed E-state index contributed by atoms with van der Waals surface area (Å²) in [7, 11) is -3.02. The minimum atomic E-state index is -3.02. The molecule has 0 aromatic carbocycles. The van der Waals surface area contributed by atoms with Crippen molar-refractivity contribution in [3.63, 3.8) is 0 Å². The second kappa shape index (κ2) is 5.66. The summed E-state index contributed by atoms with van der Waals surface area (Å²) >= 11 is 3.27. The number of aromatic amines is 1. The van der Waals surface area contributed by atoms with Crippen LogP contribution in [0.25, 0.3) is 0 Å². The van der Waals surface area contributed by atoms with E-state index >= 15 is 0 Å². The fourth-order valence-corrected chi connectivity index (χ4v) is 3.95. The molecule has 0 radical (unpaired) electrons. The van der Waals surface area contributed by atoms with Gasteiger partial charge in [-0.2, -0.15) is 0 Å². The third-order valence-electron chi connectivity index (χ3n) is 3.46. The van der Waals surface area contributed by atoms with Gasteiger partial charge in [0, 0.05) is 23.0 Å². The van der Waals surface area contributed by atoms with Gasteiger partial charge in [0.2, 0.25) is 0 Å². The summed E-state index contributed by atoms with van der Waals surface area (Å²) in [6.07, 6.45) is 5.82. The Hall–Kier alpha value is -0.820. The first-order valence-corrected chi connectivity index (χ1v) is 8.94. The molecule has 1 saturated carbocycles. The van der Waals surface area contributed by atoms with Gasteiger partial charge in [0.25, 0.3) is 5.91 Å². The summed E-state index contributed by atoms with van der Waals surface area (Å²) in [5.74, 6) is -0.190. The van der Waals surface area contributed by atoms with E-state index in [-0.39, 0.29) is 17.2 Å². The van der Waals surface area contributed by atoms with Gasteiger partial charge in [0.1, 0.15) is 15.5 Å². The highest BCUT2D eigenvalue weighted by atomic mass is 79.9. The molecule has 1 aromatic rings. The van der Waals surface area contributed by atoms with E-state index in [2.05, 4.69) is 26.2 Å². The van der Waals surface area contributed by atoms with Gasteiger partial charge >= 0.3 is 0 Å². The normalized spacial score (nSPS) is 24.1. The van der Waals surface area contributed by atoms with Gasteiger partial charge in [-0.15, -0.1) is 0 Å². The zero-order valence-electron chi connectivity index (χ0n) is 10.6. The summed E-state index contributed by atoms with van der Waals surface area (Å²) in [6.45, 7) is 0. The molecular weight excluding hydrogens is 332 g/mol. The molecule has 19 heavy (non-hydrogen) atoms. The predicted octanol–water partition coefficient (Wildman–Crippen LogP) is 1.86. The van der Waals surface area contributed by atoms with Gasteiger partial charge in [-0.05, 0) is 41.3 Å². The molecule has 2 atom stereocenters. The molecule has 106 valence electrons. The Morgan fingerprint density at radius 1 is 1.47 bits per heavy atom. The quantitative estimate of drug-likeness (QED) is 0.874. The summed E-state index contributed by atoms with van der Waals surface area (Å²) in [6, 6.07) is 1.63. The molecule has 0 saturated heterocycles. The number of hydrogen-bond acceptors (Lipinski definition) is 3. The number of halogens is 1. The highest BCUT2D eigenvalue weighted by Gasteiger charge is 2.29. The van der Waals surface area contributed by atoms with Crippen LogP contribution < -0.4 is 5.32 Å². The summed E-state index contributed by atoms with van der Waals surface area (Å²) in [4.78, 5) is 14.8. The van der Waals surface area contributed by atoms with Crippen molar-refractivity contribution in [2.75, 3.05) is 6.26 Å². The Bertz CT molecular complexity index is 567. The molecule has 1 amide bonds. The van der Waals surface area contributed by atoms with Crippen LogP contribution in [0.5, 0.6) is 0 Å². The number of sulfone groups is 1. The maximum atomic E-state index is 12.0. The highest BCUT2D eigenvalue weighted by molar-refractivity contribution is 9.10. The van der Waals surface area contributed by atoms with Gasteiger partial charge in [0.05, 0.1) is 5.25 Å². The number of nitrogens with one attached hydrogen (secondary N) is 2. The van der Waals surface area contributed by atoms with Crippen molar-refractivity contribution in [1.82, 2.24) is 10.3 Å². The van der Waals surface area contributed by atoms with Crippen LogP contribution >= 0.6 is 15.9 Å². The van der Waals surface area contributed by atoms with Crippen LogP contribution in [0.1, 0.15) is 36.2 Å². The number of rotatable bonds is 3. The molecule has 1 aliphatic carbocycles. The zero-order chi connectivity index (χ0) is 14.0. The van der Waals surface area contributed by atoms with Crippen LogP contribution in [0, 0.1) is 0 Å². The number of carbonyl (C=O) groups is 1. The summed E-state index contributed by atoms with van der Waals surface area (Å²) < 4.78 is 23.9. The van der Waals surface area contributed by atoms with Crippen LogP contribution in [0.15, 0.2) is 16.7 Å². The maximum absolute atomic E-state index is 12.0. The Labute approximate surface area is 121 Å². The lowest BCUT2D eigenvalue weighted by atomic mass is 9.95. The lowest BCUT2D eigenvalue weighted by Crippen LogP contribution is -2.41. The van der Waals surface area contributed by atoms with E-state index in [4.69, 9.17) is 0 Å². The van der Waals surface area contributed by atoms with Crippen molar-refractivity contribution < 1.29 is 13.2 Å². The smallest absolute Gasteiger partial charge is 0.267 e. The van der Waals surface area contributed by atoms with E-state index in [1.54, 1.807) is 12.3 Å². The monoisotopic (exact) mass is 348 g/mol. The van der Waals surface area contributed by atoms with E-state index in [1.807, 2.05) is 0 Å². The molecule has 0 aliphatic heterocycles. The van der Waals surface area contributed by atoms with Crippen molar-refractivity contribution in [3.8, 4) is 0 Å². The van der Waals surface area contributed by atoms with E-state index in [0.29, 0.717) is 18.5 Å². The Balaban J connectivity index is 1.98. The van der Waals surface area contributed by atoms with Crippen molar-refractivity contribution >= 4 is 31.7 Å². The van der Waals surface area contributed by atoms with E-state index in [9.17, 15) is 13.2 Å². The van der Waals surface area contributed by atoms with Gasteiger partial charge < -0.3 is 10.3 Å². The fourth-order valence-electron chi connectivity index (χ4n) is 2.43. The van der Waals surface area contributed by atoms with Crippen molar-refractivity contribution in [2.24, 2.45) is 0 Å². The largest absolute Gasteiger partial charge is 0.356 e. The number of H-pyrrole nitrogens is 1. The van der Waals surface area contributed by atoms with Crippen molar-refractivity contribution in [3.05, 3.63) is 22.4 Å². The van der Waals surface area contributed by atoms with Crippen LogP contribution in [-0.4, -0.2) is 36.9 Å². The van der Waals surface area contributed by atoms with Gasteiger partial charge in [0.15, 0.2) is 0 Å². The fraction of sp³-hybridized carbons (Fsp3) is 0.583. The van der Waals surface area contributed by atoms with Gasteiger partial charge in [-0.1, -0.05) is 6.42 Å². The van der Waals surface area contributed by atoms with Crippen molar-refractivity contribution in [2.45, 2.75) is 37.0 Å². The summed E-state index contributed by atoms with van der Waals surface area (Å²) in [5.41, 5.74) is 0.480. The average molecular weight is 349 g/mol. The topological polar surface area (TPSA) is 79.0 Å². The summed E-state index contributed by atoms with van der Waals surface area (Å²) in [5, 5.41) is 2.56. The molecule has 7 heteroatoms. The molecule has 0 spiro atoms. The SMILES string of the molecule is CS(=O)(=O)C1CCCC(NC(=O)c2cc(Br)c[nH]2)C1. The first kappa shape index (κ1) is 14.6. The van der Waals surface area contributed by atoms with Crippen LogP contribution in [0.3, 0.4) is 0 Å². The van der Waals surface area contributed by atoms with Crippen LogP contribution in [0.4, 0.5) is 0 Å². The minimum absolute atomic E-state index is 0.0666.